The number of nitrogens with one attached hydrogen (secondary N) is 1. The fraction of sp³-hybridized carbons (Fsp3) is 0.407. The summed E-state index contributed by atoms with van der Waals surface area (Å²) < 4.78 is 8.24. The van der Waals surface area contributed by atoms with Crippen LogP contribution in [0.15, 0.2) is 66.2 Å². The Morgan fingerprint density at radius 3 is 2.43 bits per heavy atom. The van der Waals surface area contributed by atoms with Gasteiger partial charge in [-0.2, -0.15) is 5.10 Å². The molecule has 2 aromatic carbocycles. The van der Waals surface area contributed by atoms with Gasteiger partial charge in [0.15, 0.2) is 5.11 Å². The van der Waals surface area contributed by atoms with Crippen molar-refractivity contribution in [2.24, 2.45) is 10.4 Å². The normalized spacial score (nSPS) is 19.9. The van der Waals surface area contributed by atoms with Crippen LogP contribution in [0.25, 0.3) is 0 Å². The van der Waals surface area contributed by atoms with Gasteiger partial charge in [0, 0.05) is 15.7 Å². The largest absolute Gasteiger partial charge is 0.466 e. The smallest absolute Gasteiger partial charge is 0.215 e. The first-order valence-electron chi connectivity index (χ1n) is 12.4. The van der Waals surface area contributed by atoms with Crippen LogP contribution >= 0.6 is 35.4 Å². The number of aliphatic imine (C=N–C) groups is 1. The van der Waals surface area contributed by atoms with Crippen molar-refractivity contribution >= 4 is 52.1 Å². The van der Waals surface area contributed by atoms with Crippen LogP contribution in [0, 0.1) is 5.41 Å². The average Bonchev–Trinajstić information content (AvgIpc) is 3.59. The van der Waals surface area contributed by atoms with Gasteiger partial charge in [0.05, 0.1) is 0 Å². The maximum atomic E-state index is 6.52. The molecular weight excluding hydrogens is 527 g/mol. The first-order chi connectivity index (χ1) is 17.7. The topological polar surface area (TPSA) is 67.6 Å². The minimum Gasteiger partial charge on any atom is -0.466 e. The number of rotatable bonds is 6. The quantitative estimate of drug-likeness (QED) is 0.341. The molecule has 0 radical (unpaired) electrons. The third-order valence-electron chi connectivity index (χ3n) is 6.99. The van der Waals surface area contributed by atoms with E-state index in [1.807, 2.05) is 36.4 Å². The number of amidine groups is 1. The van der Waals surface area contributed by atoms with Crippen LogP contribution < -0.4 is 15.0 Å². The van der Waals surface area contributed by atoms with Crippen LogP contribution in [0.1, 0.15) is 52.7 Å². The van der Waals surface area contributed by atoms with Crippen molar-refractivity contribution in [3.63, 3.8) is 0 Å². The lowest BCUT2D eigenvalue weighted by atomic mass is 9.85. The number of anilines is 1. The van der Waals surface area contributed by atoms with Gasteiger partial charge in [-0.15, -0.1) is 0 Å². The van der Waals surface area contributed by atoms with Gasteiger partial charge in [0.25, 0.3) is 0 Å². The van der Waals surface area contributed by atoms with Crippen molar-refractivity contribution in [3.8, 4) is 5.75 Å². The SMILES string of the molecule is CC(C)(C)[C@H](N=C1NC(=S)N(c2cccc(Cl)c2)C12CCCC2)[C@H](Oc1ccc(Cl)cc1)n1cncn1. The summed E-state index contributed by atoms with van der Waals surface area (Å²) in [5, 5.41) is 9.85. The molecule has 5 rings (SSSR count). The molecule has 0 amide bonds. The van der Waals surface area contributed by atoms with Gasteiger partial charge in [-0.05, 0) is 72.9 Å². The van der Waals surface area contributed by atoms with Gasteiger partial charge < -0.3 is 15.0 Å². The maximum absolute atomic E-state index is 6.52. The van der Waals surface area contributed by atoms with E-state index >= 15 is 0 Å². The predicted molar refractivity (Wildman–Crippen MR) is 153 cm³/mol. The lowest BCUT2D eigenvalue weighted by Gasteiger charge is -2.37. The molecule has 2 aliphatic rings. The van der Waals surface area contributed by atoms with E-state index in [-0.39, 0.29) is 17.0 Å². The second-order valence-corrected chi connectivity index (χ2v) is 11.9. The van der Waals surface area contributed by atoms with Gasteiger partial charge in [-0.25, -0.2) is 9.67 Å². The Morgan fingerprint density at radius 2 is 1.81 bits per heavy atom. The fourth-order valence-corrected chi connectivity index (χ4v) is 5.90. The summed E-state index contributed by atoms with van der Waals surface area (Å²) in [7, 11) is 0. The van der Waals surface area contributed by atoms with Crippen molar-refractivity contribution in [1.82, 2.24) is 20.1 Å². The van der Waals surface area contributed by atoms with Crippen LogP contribution in [0.4, 0.5) is 5.69 Å². The zero-order chi connectivity index (χ0) is 26.2. The molecule has 10 heteroatoms. The number of hydrogen-bond acceptors (Lipinski definition) is 5. The first-order valence-corrected chi connectivity index (χ1v) is 13.6. The van der Waals surface area contributed by atoms with Crippen LogP contribution in [0.5, 0.6) is 5.75 Å². The van der Waals surface area contributed by atoms with Gasteiger partial charge in [0.2, 0.25) is 6.23 Å². The summed E-state index contributed by atoms with van der Waals surface area (Å²) in [5.74, 6) is 1.53. The average molecular weight is 558 g/mol. The Bertz CT molecular complexity index is 1280. The molecule has 37 heavy (non-hydrogen) atoms. The minimum atomic E-state index is -0.551. The number of ether oxygens (including phenoxy) is 1. The van der Waals surface area contributed by atoms with Crippen molar-refractivity contribution < 1.29 is 4.74 Å². The second-order valence-electron chi connectivity index (χ2n) is 10.6. The van der Waals surface area contributed by atoms with Crippen molar-refractivity contribution in [2.45, 2.75) is 64.3 Å². The fourth-order valence-electron chi connectivity index (χ4n) is 5.21. The Morgan fingerprint density at radius 1 is 1.08 bits per heavy atom. The molecular formula is C27H30Cl2N6OS. The van der Waals surface area contributed by atoms with E-state index in [2.05, 4.69) is 41.1 Å². The summed E-state index contributed by atoms with van der Waals surface area (Å²) in [6.45, 7) is 6.46. The number of thiocarbonyl (C=S) groups is 1. The maximum Gasteiger partial charge on any atom is 0.215 e. The number of halogens is 2. The molecule has 1 spiro atoms. The van der Waals surface area contributed by atoms with E-state index in [1.54, 1.807) is 23.1 Å². The predicted octanol–water partition coefficient (Wildman–Crippen LogP) is 6.68. The highest BCUT2D eigenvalue weighted by Gasteiger charge is 2.52. The molecule has 0 bridgehead atoms. The lowest BCUT2D eigenvalue weighted by Crippen LogP contribution is -2.49. The lowest BCUT2D eigenvalue weighted by molar-refractivity contribution is 0.0470. The molecule has 1 saturated heterocycles. The van der Waals surface area contributed by atoms with Crippen LogP contribution in [0.3, 0.4) is 0 Å². The monoisotopic (exact) mass is 556 g/mol. The highest BCUT2D eigenvalue weighted by atomic mass is 35.5. The first kappa shape index (κ1) is 25.9. The van der Waals surface area contributed by atoms with E-state index < -0.39 is 6.23 Å². The third kappa shape index (κ3) is 5.19. The minimum absolute atomic E-state index is 0.289. The summed E-state index contributed by atoms with van der Waals surface area (Å²) in [5.41, 5.74) is 0.316. The molecule has 1 aliphatic carbocycles. The van der Waals surface area contributed by atoms with Crippen LogP contribution in [0.2, 0.25) is 10.0 Å². The van der Waals surface area contributed by atoms with Gasteiger partial charge in [0.1, 0.15) is 35.8 Å². The molecule has 194 valence electrons. The highest BCUT2D eigenvalue weighted by molar-refractivity contribution is 7.80. The molecule has 3 aromatic rings. The zero-order valence-corrected chi connectivity index (χ0v) is 23.4. The van der Waals surface area contributed by atoms with Crippen molar-refractivity contribution in [2.75, 3.05) is 4.90 Å². The van der Waals surface area contributed by atoms with Crippen molar-refractivity contribution in [1.29, 1.82) is 0 Å². The molecule has 0 unspecified atom stereocenters. The number of nitrogens with zero attached hydrogens (tertiary/aromatic N) is 5. The molecule has 2 atom stereocenters. The third-order valence-corrected chi connectivity index (χ3v) is 7.76. The van der Waals surface area contributed by atoms with Gasteiger partial charge >= 0.3 is 0 Å². The number of aromatic nitrogens is 3. The van der Waals surface area contributed by atoms with Crippen LogP contribution in [-0.2, 0) is 0 Å². The second kappa shape index (κ2) is 10.2. The summed E-state index contributed by atoms with van der Waals surface area (Å²) in [6.07, 6.45) is 6.68. The Kier molecular flexibility index (Phi) is 7.18. The molecule has 1 saturated carbocycles. The summed E-state index contributed by atoms with van der Waals surface area (Å²) >= 11 is 18.4. The number of hydrogen-bond donors (Lipinski definition) is 1. The molecule has 2 fully saturated rings. The zero-order valence-electron chi connectivity index (χ0n) is 21.1. The molecule has 2 heterocycles. The summed E-state index contributed by atoms with van der Waals surface area (Å²) in [6, 6.07) is 14.8. The standard InChI is InChI=1S/C27H30Cl2N6OS/c1-26(2,3)22(23(34-17-30-16-31-34)36-21-11-9-18(28)10-12-21)32-24-27(13-4-5-14-27)35(25(37)33-24)20-8-6-7-19(29)15-20/h6-12,15-17,22-23H,4-5,13-14H2,1-3H3,(H,32,33,37)/t22-,23+/m1/s1. The molecule has 1 aliphatic heterocycles. The van der Waals surface area contributed by atoms with E-state index in [9.17, 15) is 0 Å². The number of benzene rings is 2. The van der Waals surface area contributed by atoms with E-state index in [1.165, 1.54) is 6.33 Å². The summed E-state index contributed by atoms with van der Waals surface area (Å²) in [4.78, 5) is 11.8. The Labute approximate surface area is 232 Å². The van der Waals surface area contributed by atoms with E-state index in [0.29, 0.717) is 20.9 Å². The van der Waals surface area contributed by atoms with Crippen molar-refractivity contribution in [3.05, 3.63) is 71.2 Å². The van der Waals surface area contributed by atoms with Gasteiger partial charge in [-0.1, -0.05) is 62.9 Å². The molecule has 7 nitrogen and oxygen atoms in total. The van der Waals surface area contributed by atoms with Gasteiger partial charge in [-0.3, -0.25) is 4.99 Å². The molecule has 1 aromatic heterocycles. The van der Waals surface area contributed by atoms with Crippen LogP contribution in [-0.4, -0.2) is 37.3 Å². The highest BCUT2D eigenvalue weighted by Crippen LogP contribution is 2.44. The van der Waals surface area contributed by atoms with E-state index in [0.717, 1.165) is 37.2 Å². The Hall–Kier alpha value is -2.68. The van der Waals surface area contributed by atoms with E-state index in [4.69, 9.17) is 45.1 Å². The molecule has 1 N–H and O–H groups in total. The Balaban J connectivity index is 1.59.